The van der Waals surface area contributed by atoms with Crippen LogP contribution < -0.4 is 5.32 Å². The van der Waals surface area contributed by atoms with Gasteiger partial charge in [-0.3, -0.25) is 4.79 Å². The van der Waals surface area contributed by atoms with E-state index in [9.17, 15) is 9.18 Å². The Labute approximate surface area is 184 Å². The highest BCUT2D eigenvalue weighted by Crippen LogP contribution is 2.42. The van der Waals surface area contributed by atoms with Crippen molar-refractivity contribution in [1.29, 1.82) is 0 Å². The fraction of sp³-hybridized carbons (Fsp3) is 0.250. The van der Waals surface area contributed by atoms with Crippen LogP contribution in [0.2, 0.25) is 0 Å². The zero-order chi connectivity index (χ0) is 22.1. The summed E-state index contributed by atoms with van der Waals surface area (Å²) in [7, 11) is 0. The van der Waals surface area contributed by atoms with Crippen LogP contribution in [0.5, 0.6) is 0 Å². The van der Waals surface area contributed by atoms with Crippen LogP contribution in [0, 0.1) is 12.7 Å². The van der Waals surface area contributed by atoms with E-state index in [2.05, 4.69) is 15.5 Å². The van der Waals surface area contributed by atoms with E-state index in [-0.39, 0.29) is 11.7 Å². The summed E-state index contributed by atoms with van der Waals surface area (Å²) in [6.45, 7) is 2.21. The van der Waals surface area contributed by atoms with Crippen molar-refractivity contribution in [2.24, 2.45) is 0 Å². The number of aromatic nitrogens is 4. The predicted octanol–water partition coefficient (Wildman–Crippen LogP) is 4.22. The highest BCUT2D eigenvalue weighted by molar-refractivity contribution is 5.94. The lowest BCUT2D eigenvalue weighted by Gasteiger charge is -2.09. The first-order chi connectivity index (χ1) is 15.6. The Morgan fingerprint density at radius 1 is 1.16 bits per heavy atom. The summed E-state index contributed by atoms with van der Waals surface area (Å²) in [5.74, 6) is 0.881. The van der Waals surface area contributed by atoms with Crippen LogP contribution >= 0.6 is 0 Å². The average molecular weight is 431 g/mol. The molecule has 0 atom stereocenters. The number of nitrogens with zero attached hydrogens (tertiary/aromatic N) is 4. The zero-order valence-corrected chi connectivity index (χ0v) is 17.6. The Morgan fingerprint density at radius 2 is 1.97 bits per heavy atom. The van der Waals surface area contributed by atoms with Gasteiger partial charge in [-0.1, -0.05) is 18.2 Å². The Bertz CT molecular complexity index is 1260. The smallest absolute Gasteiger partial charge is 0.268 e. The normalized spacial score (nSPS) is 13.3. The third kappa shape index (κ3) is 4.30. The molecule has 1 saturated carbocycles. The van der Waals surface area contributed by atoms with Crippen LogP contribution in [-0.4, -0.2) is 32.4 Å². The van der Waals surface area contributed by atoms with E-state index in [0.717, 1.165) is 29.8 Å². The van der Waals surface area contributed by atoms with Gasteiger partial charge in [0, 0.05) is 30.6 Å². The Morgan fingerprint density at radius 3 is 2.69 bits per heavy atom. The lowest BCUT2D eigenvalue weighted by molar-refractivity contribution is 0.0954. The van der Waals surface area contributed by atoms with Crippen molar-refractivity contribution in [3.05, 3.63) is 83.1 Å². The molecule has 0 unspecified atom stereocenters. The molecule has 4 aromatic rings. The van der Waals surface area contributed by atoms with E-state index in [1.54, 1.807) is 25.1 Å². The van der Waals surface area contributed by atoms with Gasteiger partial charge in [-0.15, -0.1) is 10.2 Å². The Kier molecular flexibility index (Phi) is 5.26. The first-order valence-corrected chi connectivity index (χ1v) is 10.6. The SMILES string of the molecule is Cc1nnc(-c2cc(C3CC3)n(-c3cccc(C(=O)NCCc4ccc(F)cc4)c3)n2)o1. The average Bonchev–Trinajstić information content (AvgIpc) is 3.40. The number of benzene rings is 2. The molecule has 0 saturated heterocycles. The molecule has 5 rings (SSSR count). The summed E-state index contributed by atoms with van der Waals surface area (Å²) >= 11 is 0. The standard InChI is InChI=1S/C24H22FN5O2/c1-15-27-28-24(32-15)21-14-22(17-7-8-17)30(29-21)20-4-2-3-18(13-20)23(31)26-12-11-16-5-9-19(25)10-6-16/h2-6,9-10,13-14,17H,7-8,11-12H2,1H3,(H,26,31). The quantitative estimate of drug-likeness (QED) is 0.474. The monoisotopic (exact) mass is 431 g/mol. The molecule has 162 valence electrons. The highest BCUT2D eigenvalue weighted by atomic mass is 19.1. The molecule has 0 radical (unpaired) electrons. The lowest BCUT2D eigenvalue weighted by atomic mass is 10.1. The van der Waals surface area contributed by atoms with E-state index in [1.807, 2.05) is 28.9 Å². The van der Waals surface area contributed by atoms with Crippen LogP contribution in [0.15, 0.2) is 59.0 Å². The maximum absolute atomic E-state index is 13.0. The molecule has 8 heteroatoms. The second-order valence-electron chi connectivity index (χ2n) is 7.95. The van der Waals surface area contributed by atoms with Gasteiger partial charge in [0.05, 0.1) is 5.69 Å². The lowest BCUT2D eigenvalue weighted by Crippen LogP contribution is -2.25. The molecule has 1 aliphatic rings. The van der Waals surface area contributed by atoms with Gasteiger partial charge in [-0.2, -0.15) is 5.10 Å². The molecule has 1 aliphatic carbocycles. The number of amides is 1. The number of aryl methyl sites for hydroxylation is 1. The molecule has 1 amide bonds. The summed E-state index contributed by atoms with van der Waals surface area (Å²) in [6, 6.07) is 15.7. The molecule has 1 N–H and O–H groups in total. The number of carbonyl (C=O) groups is 1. The molecule has 1 fully saturated rings. The fourth-order valence-corrected chi connectivity index (χ4v) is 3.63. The summed E-state index contributed by atoms with van der Waals surface area (Å²) in [5, 5.41) is 15.6. The number of rotatable bonds is 7. The van der Waals surface area contributed by atoms with Crippen LogP contribution in [0.25, 0.3) is 17.3 Å². The molecule has 7 nitrogen and oxygen atoms in total. The van der Waals surface area contributed by atoms with Gasteiger partial charge in [0.15, 0.2) is 0 Å². The maximum atomic E-state index is 13.0. The molecule has 2 heterocycles. The van der Waals surface area contributed by atoms with Crippen LogP contribution in [0.4, 0.5) is 4.39 Å². The predicted molar refractivity (Wildman–Crippen MR) is 116 cm³/mol. The van der Waals surface area contributed by atoms with Gasteiger partial charge in [-0.25, -0.2) is 9.07 Å². The third-order valence-electron chi connectivity index (χ3n) is 5.44. The number of hydrogen-bond acceptors (Lipinski definition) is 5. The Balaban J connectivity index is 1.34. The van der Waals surface area contributed by atoms with E-state index >= 15 is 0 Å². The van der Waals surface area contributed by atoms with Gasteiger partial charge in [-0.05, 0) is 61.2 Å². The van der Waals surface area contributed by atoms with E-state index in [1.165, 1.54) is 12.1 Å². The van der Waals surface area contributed by atoms with E-state index < -0.39 is 0 Å². The zero-order valence-electron chi connectivity index (χ0n) is 17.6. The molecular weight excluding hydrogens is 409 g/mol. The van der Waals surface area contributed by atoms with Gasteiger partial charge >= 0.3 is 0 Å². The molecular formula is C24H22FN5O2. The van der Waals surface area contributed by atoms with Gasteiger partial charge < -0.3 is 9.73 Å². The van der Waals surface area contributed by atoms with Crippen molar-refractivity contribution in [3.8, 4) is 17.3 Å². The van der Waals surface area contributed by atoms with Crippen LogP contribution in [-0.2, 0) is 6.42 Å². The molecule has 2 aromatic heterocycles. The maximum Gasteiger partial charge on any atom is 0.268 e. The number of hydrogen-bond donors (Lipinski definition) is 1. The van der Waals surface area contributed by atoms with Crippen LogP contribution in [0.1, 0.15) is 46.3 Å². The summed E-state index contributed by atoms with van der Waals surface area (Å²) in [5.41, 5.74) is 4.02. The minimum absolute atomic E-state index is 0.165. The summed E-state index contributed by atoms with van der Waals surface area (Å²) in [4.78, 5) is 12.7. The minimum Gasteiger partial charge on any atom is -0.420 e. The van der Waals surface area contributed by atoms with E-state index in [0.29, 0.717) is 41.9 Å². The summed E-state index contributed by atoms with van der Waals surface area (Å²) < 4.78 is 20.4. The van der Waals surface area contributed by atoms with Gasteiger partial charge in [0.1, 0.15) is 11.5 Å². The van der Waals surface area contributed by atoms with Crippen molar-refractivity contribution >= 4 is 5.91 Å². The minimum atomic E-state index is -0.267. The van der Waals surface area contributed by atoms with E-state index in [4.69, 9.17) is 9.52 Å². The van der Waals surface area contributed by atoms with Gasteiger partial charge in [0.2, 0.25) is 5.89 Å². The van der Waals surface area contributed by atoms with Crippen molar-refractivity contribution in [2.75, 3.05) is 6.54 Å². The first kappa shape index (κ1) is 20.1. The first-order valence-electron chi connectivity index (χ1n) is 10.6. The van der Waals surface area contributed by atoms with Crippen molar-refractivity contribution in [1.82, 2.24) is 25.3 Å². The topological polar surface area (TPSA) is 85.8 Å². The van der Waals surface area contributed by atoms with Crippen LogP contribution in [0.3, 0.4) is 0 Å². The highest BCUT2D eigenvalue weighted by Gasteiger charge is 2.30. The Hall–Kier alpha value is -3.81. The molecule has 2 aromatic carbocycles. The number of carbonyl (C=O) groups excluding carboxylic acids is 1. The third-order valence-corrected chi connectivity index (χ3v) is 5.44. The molecule has 0 spiro atoms. The largest absolute Gasteiger partial charge is 0.420 e. The fourth-order valence-electron chi connectivity index (χ4n) is 3.63. The molecule has 0 aliphatic heterocycles. The molecule has 0 bridgehead atoms. The molecule has 32 heavy (non-hydrogen) atoms. The second kappa shape index (κ2) is 8.37. The van der Waals surface area contributed by atoms with Crippen molar-refractivity contribution in [3.63, 3.8) is 0 Å². The van der Waals surface area contributed by atoms with Crippen molar-refractivity contribution in [2.45, 2.75) is 32.1 Å². The second-order valence-corrected chi connectivity index (χ2v) is 7.95. The summed E-state index contributed by atoms with van der Waals surface area (Å²) in [6.07, 6.45) is 2.85. The number of nitrogens with one attached hydrogen (secondary N) is 1. The van der Waals surface area contributed by atoms with Crippen molar-refractivity contribution < 1.29 is 13.6 Å². The van der Waals surface area contributed by atoms with Gasteiger partial charge in [0.25, 0.3) is 11.8 Å². The number of halogens is 1.